The Morgan fingerprint density at radius 2 is 1.88 bits per heavy atom. The summed E-state index contributed by atoms with van der Waals surface area (Å²) in [7, 11) is 0. The first-order chi connectivity index (χ1) is 11.5. The van der Waals surface area contributed by atoms with Gasteiger partial charge in [0, 0.05) is 32.0 Å². The number of benzene rings is 1. The molecule has 3 rings (SSSR count). The maximum absolute atomic E-state index is 12.9. The molecule has 1 aromatic carbocycles. The van der Waals surface area contributed by atoms with Gasteiger partial charge in [0.15, 0.2) is 0 Å². The summed E-state index contributed by atoms with van der Waals surface area (Å²) in [5.41, 5.74) is 6.35. The third-order valence-corrected chi connectivity index (χ3v) is 4.91. The Balaban J connectivity index is 1.46. The largest absolute Gasteiger partial charge is 0.490 e. The van der Waals surface area contributed by atoms with Crippen molar-refractivity contribution in [3.05, 3.63) is 30.1 Å². The van der Waals surface area contributed by atoms with Gasteiger partial charge in [0.05, 0.1) is 0 Å². The van der Waals surface area contributed by atoms with Crippen molar-refractivity contribution >= 4 is 5.91 Å². The topological polar surface area (TPSA) is 53.6 Å². The Morgan fingerprint density at radius 3 is 2.46 bits per heavy atom. The Hall–Kier alpha value is -1.66. The van der Waals surface area contributed by atoms with Crippen LogP contribution < -0.4 is 15.6 Å². The van der Waals surface area contributed by atoms with E-state index in [1.165, 1.54) is 12.1 Å². The summed E-state index contributed by atoms with van der Waals surface area (Å²) < 4.78 is 18.8. The first kappa shape index (κ1) is 17.2. The van der Waals surface area contributed by atoms with Crippen molar-refractivity contribution in [1.82, 2.24) is 15.8 Å². The Labute approximate surface area is 142 Å². The van der Waals surface area contributed by atoms with E-state index >= 15 is 0 Å². The summed E-state index contributed by atoms with van der Waals surface area (Å²) in [5.74, 6) is 1.10. The van der Waals surface area contributed by atoms with Gasteiger partial charge in [0.25, 0.3) is 0 Å². The van der Waals surface area contributed by atoms with E-state index in [-0.39, 0.29) is 23.9 Å². The van der Waals surface area contributed by atoms with Crippen LogP contribution in [0.3, 0.4) is 0 Å². The average molecular weight is 335 g/mol. The molecular weight excluding hydrogens is 309 g/mol. The second-order valence-electron chi connectivity index (χ2n) is 7.02. The molecule has 1 amide bonds. The molecule has 0 aromatic heterocycles. The molecule has 2 atom stereocenters. The second kappa shape index (κ2) is 7.49. The van der Waals surface area contributed by atoms with E-state index in [2.05, 4.69) is 24.7 Å². The lowest BCUT2D eigenvalue weighted by Crippen LogP contribution is -2.49. The average Bonchev–Trinajstić information content (AvgIpc) is 3.07. The van der Waals surface area contributed by atoms with Gasteiger partial charge in [-0.25, -0.2) is 9.82 Å². The molecule has 0 bridgehead atoms. The summed E-state index contributed by atoms with van der Waals surface area (Å²) >= 11 is 0. The highest BCUT2D eigenvalue weighted by atomic mass is 19.1. The van der Waals surface area contributed by atoms with Gasteiger partial charge in [-0.15, -0.1) is 0 Å². The predicted molar refractivity (Wildman–Crippen MR) is 89.9 cm³/mol. The standard InChI is InChI=1S/C18H26FN3O2/c1-12(2)16-11-17(21-20-16)18(23)22-9-7-15(8-10-22)24-14-5-3-13(19)4-6-14/h3-6,12,15-17,20-21H,7-11H2,1-2H3. The van der Waals surface area contributed by atoms with Gasteiger partial charge in [0.2, 0.25) is 5.91 Å². The first-order valence-electron chi connectivity index (χ1n) is 8.75. The minimum absolute atomic E-state index is 0.0811. The van der Waals surface area contributed by atoms with E-state index in [1.807, 2.05) is 4.90 Å². The van der Waals surface area contributed by atoms with E-state index < -0.39 is 0 Å². The molecule has 2 N–H and O–H groups in total. The van der Waals surface area contributed by atoms with Crippen LogP contribution in [0.5, 0.6) is 5.75 Å². The molecule has 0 radical (unpaired) electrons. The lowest BCUT2D eigenvalue weighted by Gasteiger charge is -2.33. The van der Waals surface area contributed by atoms with E-state index in [0.29, 0.717) is 30.8 Å². The van der Waals surface area contributed by atoms with Crippen LogP contribution in [0.2, 0.25) is 0 Å². The second-order valence-corrected chi connectivity index (χ2v) is 7.02. The van der Waals surface area contributed by atoms with Crippen molar-refractivity contribution in [3.63, 3.8) is 0 Å². The molecule has 0 aliphatic carbocycles. The van der Waals surface area contributed by atoms with E-state index in [9.17, 15) is 9.18 Å². The molecule has 6 heteroatoms. The van der Waals surface area contributed by atoms with Gasteiger partial charge >= 0.3 is 0 Å². The van der Waals surface area contributed by atoms with Crippen LogP contribution in [0.1, 0.15) is 33.1 Å². The van der Waals surface area contributed by atoms with E-state index in [0.717, 1.165) is 19.3 Å². The summed E-state index contributed by atoms with van der Waals surface area (Å²) in [6.45, 7) is 5.72. The van der Waals surface area contributed by atoms with E-state index in [4.69, 9.17) is 4.74 Å². The monoisotopic (exact) mass is 335 g/mol. The molecule has 24 heavy (non-hydrogen) atoms. The molecule has 2 fully saturated rings. The highest BCUT2D eigenvalue weighted by Gasteiger charge is 2.34. The van der Waals surface area contributed by atoms with Crippen molar-refractivity contribution < 1.29 is 13.9 Å². The molecule has 2 unspecified atom stereocenters. The van der Waals surface area contributed by atoms with Gasteiger partial charge in [0.1, 0.15) is 23.7 Å². The van der Waals surface area contributed by atoms with Crippen LogP contribution in [0.4, 0.5) is 4.39 Å². The van der Waals surface area contributed by atoms with Gasteiger partial charge in [-0.3, -0.25) is 10.2 Å². The van der Waals surface area contributed by atoms with Crippen LogP contribution in [-0.2, 0) is 4.79 Å². The number of hydrazine groups is 1. The molecule has 2 heterocycles. The number of amides is 1. The van der Waals surface area contributed by atoms with Gasteiger partial charge in [-0.1, -0.05) is 13.8 Å². The summed E-state index contributed by atoms with van der Waals surface area (Å²) in [6.07, 6.45) is 2.52. The number of carbonyl (C=O) groups excluding carboxylic acids is 1. The quantitative estimate of drug-likeness (QED) is 0.885. The maximum Gasteiger partial charge on any atom is 0.241 e. The summed E-state index contributed by atoms with van der Waals surface area (Å²) in [6, 6.07) is 6.31. The Kier molecular flexibility index (Phi) is 5.36. The zero-order valence-corrected chi connectivity index (χ0v) is 14.3. The van der Waals surface area contributed by atoms with Gasteiger partial charge in [-0.2, -0.15) is 0 Å². The van der Waals surface area contributed by atoms with Crippen molar-refractivity contribution in [2.24, 2.45) is 5.92 Å². The lowest BCUT2D eigenvalue weighted by molar-refractivity contribution is -0.135. The fraction of sp³-hybridized carbons (Fsp3) is 0.611. The smallest absolute Gasteiger partial charge is 0.241 e. The number of halogens is 1. The molecule has 0 spiro atoms. The fourth-order valence-corrected chi connectivity index (χ4v) is 3.30. The molecule has 2 aliphatic rings. The van der Waals surface area contributed by atoms with Crippen LogP contribution in [0.25, 0.3) is 0 Å². The highest BCUT2D eigenvalue weighted by molar-refractivity contribution is 5.82. The maximum atomic E-state index is 12.9. The number of likely N-dealkylation sites (tertiary alicyclic amines) is 1. The van der Waals surface area contributed by atoms with Crippen LogP contribution in [0.15, 0.2) is 24.3 Å². The molecule has 132 valence electrons. The molecule has 0 saturated carbocycles. The Bertz CT molecular complexity index is 556. The summed E-state index contributed by atoms with van der Waals surface area (Å²) in [4.78, 5) is 14.5. The number of carbonyl (C=O) groups is 1. The Morgan fingerprint density at radius 1 is 1.21 bits per heavy atom. The lowest BCUT2D eigenvalue weighted by atomic mass is 9.98. The fourth-order valence-electron chi connectivity index (χ4n) is 3.30. The minimum atomic E-state index is -0.264. The van der Waals surface area contributed by atoms with Crippen LogP contribution in [-0.4, -0.2) is 42.1 Å². The van der Waals surface area contributed by atoms with Crippen LogP contribution in [0, 0.1) is 11.7 Å². The molecule has 2 saturated heterocycles. The zero-order chi connectivity index (χ0) is 17.1. The molecular formula is C18H26FN3O2. The molecule has 2 aliphatic heterocycles. The number of hydrogen-bond acceptors (Lipinski definition) is 4. The van der Waals surface area contributed by atoms with Crippen LogP contribution >= 0.6 is 0 Å². The predicted octanol–water partition coefficient (Wildman–Crippen LogP) is 2.09. The third kappa shape index (κ3) is 4.05. The number of rotatable bonds is 4. The third-order valence-electron chi connectivity index (χ3n) is 4.91. The zero-order valence-electron chi connectivity index (χ0n) is 14.3. The van der Waals surface area contributed by atoms with Crippen molar-refractivity contribution in [3.8, 4) is 5.75 Å². The first-order valence-corrected chi connectivity index (χ1v) is 8.75. The number of hydrogen-bond donors (Lipinski definition) is 2. The van der Waals surface area contributed by atoms with Crippen molar-refractivity contribution in [2.75, 3.05) is 13.1 Å². The van der Waals surface area contributed by atoms with Crippen molar-refractivity contribution in [1.29, 1.82) is 0 Å². The van der Waals surface area contributed by atoms with Gasteiger partial charge in [-0.05, 0) is 36.6 Å². The van der Waals surface area contributed by atoms with E-state index in [1.54, 1.807) is 12.1 Å². The SMILES string of the molecule is CC(C)C1CC(C(=O)N2CCC(Oc3ccc(F)cc3)CC2)NN1. The number of nitrogens with one attached hydrogen (secondary N) is 2. The normalized spacial score (nSPS) is 25.2. The molecule has 5 nitrogen and oxygen atoms in total. The highest BCUT2D eigenvalue weighted by Crippen LogP contribution is 2.21. The number of piperidine rings is 1. The molecule has 1 aromatic rings. The van der Waals surface area contributed by atoms with Crippen molar-refractivity contribution in [2.45, 2.75) is 51.3 Å². The number of ether oxygens (including phenoxy) is 1. The number of nitrogens with zero attached hydrogens (tertiary/aromatic N) is 1. The van der Waals surface area contributed by atoms with Gasteiger partial charge < -0.3 is 9.64 Å². The minimum Gasteiger partial charge on any atom is -0.490 e. The summed E-state index contributed by atoms with van der Waals surface area (Å²) in [5, 5.41) is 0.